The second kappa shape index (κ2) is 6.30. The van der Waals surface area contributed by atoms with E-state index in [4.69, 9.17) is 0 Å². The highest BCUT2D eigenvalue weighted by atomic mass is 32.1. The number of rotatable bonds is 5. The van der Waals surface area contributed by atoms with Gasteiger partial charge in [-0.2, -0.15) is 5.10 Å². The van der Waals surface area contributed by atoms with E-state index in [9.17, 15) is 5.11 Å². The Morgan fingerprint density at radius 1 is 1.57 bits per heavy atom. The minimum absolute atomic E-state index is 0.123. The first kappa shape index (κ1) is 14.8. The van der Waals surface area contributed by atoms with Gasteiger partial charge in [-0.1, -0.05) is 25.8 Å². The number of aromatic amines is 1. The van der Waals surface area contributed by atoms with E-state index in [-0.39, 0.29) is 12.1 Å². The van der Waals surface area contributed by atoms with Crippen molar-refractivity contribution in [1.82, 2.24) is 15.5 Å². The maximum atomic E-state index is 9.86. The summed E-state index contributed by atoms with van der Waals surface area (Å²) in [6.07, 6.45) is 6.46. The fraction of sp³-hybridized carbons (Fsp3) is 0.562. The normalized spacial score (nSPS) is 26.1. The van der Waals surface area contributed by atoms with Crippen LogP contribution in [0.4, 0.5) is 0 Å². The van der Waals surface area contributed by atoms with Crippen LogP contribution in [0.3, 0.4) is 0 Å². The predicted molar refractivity (Wildman–Crippen MR) is 86.2 cm³/mol. The molecular weight excluding hydrogens is 282 g/mol. The van der Waals surface area contributed by atoms with Gasteiger partial charge in [-0.05, 0) is 30.2 Å². The minimum atomic E-state index is -0.123. The molecule has 2 heterocycles. The first-order chi connectivity index (χ1) is 10.2. The predicted octanol–water partition coefficient (Wildman–Crippen LogP) is 3.17. The molecule has 1 aliphatic carbocycles. The fourth-order valence-electron chi connectivity index (χ4n) is 3.38. The van der Waals surface area contributed by atoms with Gasteiger partial charge in [0, 0.05) is 17.6 Å². The lowest BCUT2D eigenvalue weighted by Crippen LogP contribution is -2.51. The molecule has 0 radical (unpaired) electrons. The van der Waals surface area contributed by atoms with E-state index in [0.717, 1.165) is 25.1 Å². The fourth-order valence-corrected chi connectivity index (χ4v) is 4.14. The SMILES string of the molecule is CC1CCCC(CO)(NCc2cn[nH]c2-c2cccs2)C1. The number of aromatic nitrogens is 2. The number of nitrogens with one attached hydrogen (secondary N) is 2. The number of hydrogen-bond acceptors (Lipinski definition) is 4. The number of nitrogens with zero attached hydrogens (tertiary/aromatic N) is 1. The summed E-state index contributed by atoms with van der Waals surface area (Å²) in [5.74, 6) is 0.680. The van der Waals surface area contributed by atoms with Crippen molar-refractivity contribution < 1.29 is 5.11 Å². The number of aliphatic hydroxyl groups excluding tert-OH is 1. The number of hydrogen-bond donors (Lipinski definition) is 3. The molecule has 1 aliphatic rings. The van der Waals surface area contributed by atoms with Gasteiger partial charge < -0.3 is 10.4 Å². The maximum absolute atomic E-state index is 9.86. The Hall–Kier alpha value is -1.17. The van der Waals surface area contributed by atoms with Gasteiger partial charge in [0.1, 0.15) is 0 Å². The van der Waals surface area contributed by atoms with E-state index in [1.165, 1.54) is 23.3 Å². The van der Waals surface area contributed by atoms with Crippen molar-refractivity contribution >= 4 is 11.3 Å². The van der Waals surface area contributed by atoms with Crippen LogP contribution in [0.25, 0.3) is 10.6 Å². The van der Waals surface area contributed by atoms with Gasteiger partial charge in [-0.3, -0.25) is 5.10 Å². The third kappa shape index (κ3) is 3.20. The summed E-state index contributed by atoms with van der Waals surface area (Å²) >= 11 is 1.71. The minimum Gasteiger partial charge on any atom is -0.394 e. The van der Waals surface area contributed by atoms with Gasteiger partial charge in [-0.15, -0.1) is 11.3 Å². The number of H-pyrrole nitrogens is 1. The monoisotopic (exact) mass is 305 g/mol. The van der Waals surface area contributed by atoms with Crippen LogP contribution in [0.2, 0.25) is 0 Å². The van der Waals surface area contributed by atoms with Crippen molar-refractivity contribution in [3.8, 4) is 10.6 Å². The number of aliphatic hydroxyl groups is 1. The van der Waals surface area contributed by atoms with Crippen molar-refractivity contribution in [2.45, 2.75) is 44.7 Å². The molecule has 114 valence electrons. The molecule has 0 amide bonds. The lowest BCUT2D eigenvalue weighted by molar-refractivity contribution is 0.0983. The first-order valence-corrected chi connectivity index (χ1v) is 8.52. The molecule has 4 nitrogen and oxygen atoms in total. The van der Waals surface area contributed by atoms with Crippen molar-refractivity contribution in [2.75, 3.05) is 6.61 Å². The Bertz CT molecular complexity index is 566. The number of thiophene rings is 1. The summed E-state index contributed by atoms with van der Waals surface area (Å²) in [7, 11) is 0. The van der Waals surface area contributed by atoms with Crippen molar-refractivity contribution in [1.29, 1.82) is 0 Å². The van der Waals surface area contributed by atoms with E-state index in [0.29, 0.717) is 5.92 Å². The molecule has 0 aromatic carbocycles. The van der Waals surface area contributed by atoms with Crippen molar-refractivity contribution in [3.63, 3.8) is 0 Å². The van der Waals surface area contributed by atoms with Crippen LogP contribution in [-0.2, 0) is 6.54 Å². The smallest absolute Gasteiger partial charge is 0.0794 e. The van der Waals surface area contributed by atoms with Gasteiger partial charge in [0.2, 0.25) is 0 Å². The zero-order chi connectivity index (χ0) is 14.7. The molecule has 2 aromatic rings. The molecule has 3 rings (SSSR count). The molecule has 0 aliphatic heterocycles. The van der Waals surface area contributed by atoms with Crippen LogP contribution in [0, 0.1) is 5.92 Å². The van der Waals surface area contributed by atoms with E-state index in [1.807, 2.05) is 6.20 Å². The van der Waals surface area contributed by atoms with Gasteiger partial charge in [0.25, 0.3) is 0 Å². The Labute approximate surface area is 129 Å². The van der Waals surface area contributed by atoms with Gasteiger partial charge in [-0.25, -0.2) is 0 Å². The lowest BCUT2D eigenvalue weighted by Gasteiger charge is -2.39. The zero-order valence-corrected chi connectivity index (χ0v) is 13.2. The van der Waals surface area contributed by atoms with Gasteiger partial charge in [0.15, 0.2) is 0 Å². The molecule has 0 saturated heterocycles. The molecule has 1 fully saturated rings. The first-order valence-electron chi connectivity index (χ1n) is 7.64. The summed E-state index contributed by atoms with van der Waals surface area (Å²) in [4.78, 5) is 1.21. The maximum Gasteiger partial charge on any atom is 0.0794 e. The molecule has 0 bridgehead atoms. The molecule has 2 aromatic heterocycles. The summed E-state index contributed by atoms with van der Waals surface area (Å²) in [6.45, 7) is 3.24. The molecule has 2 unspecified atom stereocenters. The van der Waals surface area contributed by atoms with Crippen LogP contribution in [0.5, 0.6) is 0 Å². The summed E-state index contributed by atoms with van der Waals surface area (Å²) in [6, 6.07) is 4.16. The van der Waals surface area contributed by atoms with Crippen molar-refractivity contribution in [3.05, 3.63) is 29.3 Å². The van der Waals surface area contributed by atoms with Crippen LogP contribution in [0.1, 0.15) is 38.2 Å². The van der Waals surface area contributed by atoms with Gasteiger partial charge >= 0.3 is 0 Å². The molecule has 5 heteroatoms. The van der Waals surface area contributed by atoms with Crippen LogP contribution >= 0.6 is 11.3 Å². The van der Waals surface area contributed by atoms with E-state index in [1.54, 1.807) is 11.3 Å². The molecule has 1 saturated carbocycles. The third-order valence-electron chi connectivity index (χ3n) is 4.53. The average Bonchev–Trinajstić information content (AvgIpc) is 3.16. The molecule has 2 atom stereocenters. The second-order valence-corrected chi connectivity index (χ2v) is 7.19. The average molecular weight is 305 g/mol. The zero-order valence-electron chi connectivity index (χ0n) is 12.4. The Balaban J connectivity index is 1.71. The molecular formula is C16H23N3OS. The quantitative estimate of drug-likeness (QED) is 0.795. The van der Waals surface area contributed by atoms with E-state index < -0.39 is 0 Å². The van der Waals surface area contributed by atoms with Crippen LogP contribution in [-0.4, -0.2) is 27.4 Å². The van der Waals surface area contributed by atoms with E-state index in [2.05, 4.69) is 40.0 Å². The van der Waals surface area contributed by atoms with E-state index >= 15 is 0 Å². The second-order valence-electron chi connectivity index (χ2n) is 6.24. The summed E-state index contributed by atoms with van der Waals surface area (Å²) in [5, 5.41) is 22.8. The summed E-state index contributed by atoms with van der Waals surface area (Å²) in [5.41, 5.74) is 2.14. The third-order valence-corrected chi connectivity index (χ3v) is 5.42. The van der Waals surface area contributed by atoms with Gasteiger partial charge in [0.05, 0.1) is 23.4 Å². The Kier molecular flexibility index (Phi) is 4.42. The Morgan fingerprint density at radius 2 is 2.48 bits per heavy atom. The molecule has 3 N–H and O–H groups in total. The summed E-state index contributed by atoms with van der Waals surface area (Å²) < 4.78 is 0. The molecule has 0 spiro atoms. The topological polar surface area (TPSA) is 60.9 Å². The lowest BCUT2D eigenvalue weighted by atomic mass is 9.77. The molecule has 21 heavy (non-hydrogen) atoms. The highest BCUT2D eigenvalue weighted by Gasteiger charge is 2.34. The highest BCUT2D eigenvalue weighted by molar-refractivity contribution is 7.13. The largest absolute Gasteiger partial charge is 0.394 e. The van der Waals surface area contributed by atoms with Crippen LogP contribution in [0.15, 0.2) is 23.7 Å². The van der Waals surface area contributed by atoms with Crippen LogP contribution < -0.4 is 5.32 Å². The van der Waals surface area contributed by atoms with Crippen molar-refractivity contribution in [2.24, 2.45) is 5.92 Å². The Morgan fingerprint density at radius 3 is 3.19 bits per heavy atom. The standard InChI is InChI=1S/C16H23N3OS/c1-12-4-2-6-16(8-12,11-20)17-9-13-10-18-19-15(13)14-5-3-7-21-14/h3,5,7,10,12,17,20H,2,4,6,8-9,11H2,1H3,(H,18,19). The highest BCUT2D eigenvalue weighted by Crippen LogP contribution is 2.33.